The summed E-state index contributed by atoms with van der Waals surface area (Å²) < 4.78 is 14.5. The molecule has 0 spiro atoms. The standard InChI is InChI=1S/C14H18N2O7/c1-14(2,3)23-12(17)15-8-9-21-13(18)22-11-6-4-10(5-7-11)16(19)20/h4-7H,8-9H2,1-3H3,(H,15,17). The van der Waals surface area contributed by atoms with E-state index in [-0.39, 0.29) is 24.6 Å². The molecule has 1 N–H and O–H groups in total. The number of ether oxygens (including phenoxy) is 3. The first-order chi connectivity index (χ1) is 10.7. The molecule has 9 nitrogen and oxygen atoms in total. The number of hydrogen-bond acceptors (Lipinski definition) is 7. The number of nitrogens with one attached hydrogen (secondary N) is 1. The Hall–Kier alpha value is -2.84. The maximum absolute atomic E-state index is 11.4. The minimum Gasteiger partial charge on any atom is -0.444 e. The van der Waals surface area contributed by atoms with Gasteiger partial charge in [-0.2, -0.15) is 0 Å². The van der Waals surface area contributed by atoms with Crippen LogP contribution in [0.15, 0.2) is 24.3 Å². The van der Waals surface area contributed by atoms with Gasteiger partial charge in [0.25, 0.3) is 5.69 Å². The van der Waals surface area contributed by atoms with E-state index in [1.54, 1.807) is 20.8 Å². The topological polar surface area (TPSA) is 117 Å². The number of rotatable bonds is 5. The number of amides is 1. The van der Waals surface area contributed by atoms with Crippen LogP contribution in [0.3, 0.4) is 0 Å². The third-order valence-corrected chi connectivity index (χ3v) is 2.24. The Kier molecular flexibility index (Phi) is 6.31. The van der Waals surface area contributed by atoms with Crippen LogP contribution >= 0.6 is 0 Å². The molecule has 0 atom stereocenters. The van der Waals surface area contributed by atoms with Crippen molar-refractivity contribution in [3.8, 4) is 5.75 Å². The number of nitrogens with zero attached hydrogens (tertiary/aromatic N) is 1. The van der Waals surface area contributed by atoms with Gasteiger partial charge in [0.2, 0.25) is 0 Å². The van der Waals surface area contributed by atoms with Crippen LogP contribution in [0.1, 0.15) is 20.8 Å². The predicted molar refractivity (Wildman–Crippen MR) is 79.3 cm³/mol. The zero-order valence-corrected chi connectivity index (χ0v) is 13.0. The second kappa shape index (κ2) is 7.97. The Morgan fingerprint density at radius 2 is 1.83 bits per heavy atom. The van der Waals surface area contributed by atoms with Crippen LogP contribution in [-0.4, -0.2) is 35.9 Å². The Bertz CT molecular complexity index is 563. The molecule has 1 rings (SSSR count). The van der Waals surface area contributed by atoms with Gasteiger partial charge in [-0.25, -0.2) is 9.59 Å². The average molecular weight is 326 g/mol. The summed E-state index contributed by atoms with van der Waals surface area (Å²) in [6.45, 7) is 5.13. The van der Waals surface area contributed by atoms with Crippen molar-refractivity contribution in [2.45, 2.75) is 26.4 Å². The lowest BCUT2D eigenvalue weighted by atomic mass is 10.2. The van der Waals surface area contributed by atoms with Gasteiger partial charge in [0.15, 0.2) is 0 Å². The lowest BCUT2D eigenvalue weighted by molar-refractivity contribution is -0.384. The highest BCUT2D eigenvalue weighted by atomic mass is 16.7. The third kappa shape index (κ3) is 7.65. The molecule has 0 aliphatic carbocycles. The number of nitro benzene ring substituents is 1. The number of non-ortho nitro benzene ring substituents is 1. The largest absolute Gasteiger partial charge is 0.513 e. The van der Waals surface area contributed by atoms with E-state index in [0.29, 0.717) is 0 Å². The van der Waals surface area contributed by atoms with Crippen LogP contribution < -0.4 is 10.1 Å². The van der Waals surface area contributed by atoms with E-state index in [9.17, 15) is 19.7 Å². The summed E-state index contributed by atoms with van der Waals surface area (Å²) in [5.41, 5.74) is -0.730. The molecule has 0 heterocycles. The second-order valence-corrected chi connectivity index (χ2v) is 5.38. The quantitative estimate of drug-likeness (QED) is 0.290. The number of alkyl carbamates (subject to hydrolysis) is 1. The Balaban J connectivity index is 2.27. The summed E-state index contributed by atoms with van der Waals surface area (Å²) in [6.07, 6.45) is -1.60. The SMILES string of the molecule is CC(C)(C)OC(=O)NCCOC(=O)Oc1ccc([N+](=O)[O-])cc1. The van der Waals surface area contributed by atoms with E-state index < -0.39 is 22.8 Å². The van der Waals surface area contributed by atoms with Gasteiger partial charge in [-0.1, -0.05) is 0 Å². The molecular formula is C14H18N2O7. The van der Waals surface area contributed by atoms with E-state index in [2.05, 4.69) is 5.32 Å². The summed E-state index contributed by atoms with van der Waals surface area (Å²) in [6, 6.07) is 4.95. The molecule has 0 aromatic heterocycles. The highest BCUT2D eigenvalue weighted by Gasteiger charge is 2.15. The van der Waals surface area contributed by atoms with Crippen molar-refractivity contribution in [1.29, 1.82) is 0 Å². The van der Waals surface area contributed by atoms with Gasteiger partial charge in [0, 0.05) is 12.1 Å². The molecule has 1 aromatic carbocycles. The normalized spacial score (nSPS) is 10.6. The maximum atomic E-state index is 11.4. The zero-order chi connectivity index (χ0) is 17.5. The van der Waals surface area contributed by atoms with Crippen molar-refractivity contribution in [1.82, 2.24) is 5.32 Å². The number of benzene rings is 1. The van der Waals surface area contributed by atoms with Crippen molar-refractivity contribution in [2.75, 3.05) is 13.2 Å². The second-order valence-electron chi connectivity index (χ2n) is 5.38. The highest BCUT2D eigenvalue weighted by molar-refractivity contribution is 5.67. The van der Waals surface area contributed by atoms with Crippen molar-refractivity contribution in [3.05, 3.63) is 34.4 Å². The van der Waals surface area contributed by atoms with Crippen LogP contribution in [0.25, 0.3) is 0 Å². The molecule has 1 amide bonds. The molecule has 0 aliphatic rings. The number of hydrogen-bond donors (Lipinski definition) is 1. The predicted octanol–water partition coefficient (Wildman–Crippen LogP) is 2.63. The van der Waals surface area contributed by atoms with E-state index in [1.807, 2.05) is 0 Å². The highest BCUT2D eigenvalue weighted by Crippen LogP contribution is 2.17. The van der Waals surface area contributed by atoms with Crippen LogP contribution in [0.5, 0.6) is 5.75 Å². The smallest absolute Gasteiger partial charge is 0.444 e. The first-order valence-corrected chi connectivity index (χ1v) is 6.73. The zero-order valence-electron chi connectivity index (χ0n) is 13.0. The summed E-state index contributed by atoms with van der Waals surface area (Å²) in [5, 5.41) is 12.9. The van der Waals surface area contributed by atoms with Gasteiger partial charge in [-0.15, -0.1) is 0 Å². The first-order valence-electron chi connectivity index (χ1n) is 6.73. The van der Waals surface area contributed by atoms with E-state index in [0.717, 1.165) is 0 Å². The van der Waals surface area contributed by atoms with E-state index in [1.165, 1.54) is 24.3 Å². The molecule has 0 aliphatic heterocycles. The minimum absolute atomic E-state index is 0.0598. The fourth-order valence-corrected chi connectivity index (χ4v) is 1.36. The molecule has 0 bridgehead atoms. The summed E-state index contributed by atoms with van der Waals surface area (Å²) in [7, 11) is 0. The molecular weight excluding hydrogens is 308 g/mol. The van der Waals surface area contributed by atoms with Crippen LogP contribution in [0, 0.1) is 10.1 Å². The monoisotopic (exact) mass is 326 g/mol. The molecule has 1 aromatic rings. The average Bonchev–Trinajstić information content (AvgIpc) is 2.42. The van der Waals surface area contributed by atoms with Gasteiger partial charge < -0.3 is 19.5 Å². The summed E-state index contributed by atoms with van der Waals surface area (Å²) in [4.78, 5) is 32.6. The Morgan fingerprint density at radius 1 is 1.22 bits per heavy atom. The van der Waals surface area contributed by atoms with Crippen LogP contribution in [0.2, 0.25) is 0 Å². The summed E-state index contributed by atoms with van der Waals surface area (Å²) in [5.74, 6) is 0.112. The molecule has 23 heavy (non-hydrogen) atoms. The van der Waals surface area contributed by atoms with E-state index >= 15 is 0 Å². The molecule has 0 fully saturated rings. The Morgan fingerprint density at radius 3 is 2.35 bits per heavy atom. The van der Waals surface area contributed by atoms with E-state index in [4.69, 9.17) is 14.2 Å². The van der Waals surface area contributed by atoms with Crippen molar-refractivity contribution < 1.29 is 28.7 Å². The lowest BCUT2D eigenvalue weighted by Crippen LogP contribution is -2.34. The molecule has 0 saturated carbocycles. The van der Waals surface area contributed by atoms with Crippen molar-refractivity contribution in [2.24, 2.45) is 0 Å². The molecule has 0 saturated heterocycles. The van der Waals surface area contributed by atoms with Crippen LogP contribution in [0.4, 0.5) is 15.3 Å². The van der Waals surface area contributed by atoms with Crippen LogP contribution in [-0.2, 0) is 9.47 Å². The first kappa shape index (κ1) is 18.2. The van der Waals surface area contributed by atoms with Gasteiger partial charge in [-0.05, 0) is 32.9 Å². The minimum atomic E-state index is -0.982. The summed E-state index contributed by atoms with van der Waals surface area (Å²) >= 11 is 0. The number of carbonyl (C=O) groups excluding carboxylic acids is 2. The number of nitro groups is 1. The third-order valence-electron chi connectivity index (χ3n) is 2.24. The van der Waals surface area contributed by atoms with Gasteiger partial charge >= 0.3 is 12.2 Å². The molecule has 9 heteroatoms. The van der Waals surface area contributed by atoms with Gasteiger partial charge in [0.1, 0.15) is 18.0 Å². The van der Waals surface area contributed by atoms with Crippen molar-refractivity contribution in [3.63, 3.8) is 0 Å². The maximum Gasteiger partial charge on any atom is 0.513 e. The van der Waals surface area contributed by atoms with Crippen molar-refractivity contribution >= 4 is 17.9 Å². The molecule has 0 unspecified atom stereocenters. The lowest BCUT2D eigenvalue weighted by Gasteiger charge is -2.19. The Labute approximate surface area is 132 Å². The molecule has 126 valence electrons. The van der Waals surface area contributed by atoms with Gasteiger partial charge in [0.05, 0.1) is 11.5 Å². The number of carbonyl (C=O) groups is 2. The fraction of sp³-hybridized carbons (Fsp3) is 0.429. The molecule has 0 radical (unpaired) electrons. The van der Waals surface area contributed by atoms with Gasteiger partial charge in [-0.3, -0.25) is 10.1 Å². The fourth-order valence-electron chi connectivity index (χ4n) is 1.36.